The van der Waals surface area contributed by atoms with E-state index in [-0.39, 0.29) is 5.78 Å². The summed E-state index contributed by atoms with van der Waals surface area (Å²) < 4.78 is 0. The van der Waals surface area contributed by atoms with Crippen LogP contribution < -0.4 is 4.90 Å². The molecule has 158 valence electrons. The Morgan fingerprint density at radius 3 is 2.13 bits per heavy atom. The highest BCUT2D eigenvalue weighted by Crippen LogP contribution is 2.35. The molecule has 0 fully saturated rings. The monoisotopic (exact) mass is 410 g/mol. The van der Waals surface area contributed by atoms with Gasteiger partial charge in [0.05, 0.1) is 5.69 Å². The van der Waals surface area contributed by atoms with Crippen LogP contribution in [0.3, 0.4) is 0 Å². The molecule has 0 aromatic heterocycles. The van der Waals surface area contributed by atoms with Crippen molar-refractivity contribution in [3.05, 3.63) is 71.8 Å². The number of nitrogens with zero attached hydrogens (tertiary/aromatic N) is 2. The second-order valence-electron chi connectivity index (χ2n) is 7.06. The van der Waals surface area contributed by atoms with Gasteiger partial charge in [0.2, 0.25) is 0 Å². The van der Waals surface area contributed by atoms with E-state index in [1.54, 1.807) is 0 Å². The van der Waals surface area contributed by atoms with Crippen molar-refractivity contribution < 1.29 is 24.6 Å². The second-order valence-corrected chi connectivity index (χ2v) is 7.06. The molecule has 0 saturated carbocycles. The number of Topliss-reactive ketones (excluding diaryl/α,β-unsaturated/α-hetero) is 1. The zero-order chi connectivity index (χ0) is 22.1. The molecule has 7 nitrogen and oxygen atoms in total. The average molecular weight is 410 g/mol. The van der Waals surface area contributed by atoms with Crippen LogP contribution in [0, 0.1) is 0 Å². The quantitative estimate of drug-likeness (QED) is 0.706. The molecule has 0 amide bonds. The van der Waals surface area contributed by atoms with Crippen LogP contribution in [0.5, 0.6) is 0 Å². The van der Waals surface area contributed by atoms with Crippen LogP contribution in [-0.4, -0.2) is 60.0 Å². The molecule has 0 unspecified atom stereocenters. The Hall–Kier alpha value is -3.45. The van der Waals surface area contributed by atoms with Crippen LogP contribution in [0.4, 0.5) is 11.4 Å². The summed E-state index contributed by atoms with van der Waals surface area (Å²) in [5.41, 5.74) is 4.16. The minimum absolute atomic E-state index is 0.207. The van der Waals surface area contributed by atoms with E-state index >= 15 is 0 Å². The smallest absolute Gasteiger partial charge is 0.328 e. The van der Waals surface area contributed by atoms with Crippen LogP contribution in [0.2, 0.25) is 0 Å². The molecule has 1 aliphatic rings. The molecule has 0 spiro atoms. The van der Waals surface area contributed by atoms with Gasteiger partial charge in [-0.05, 0) is 50.8 Å². The molecule has 1 aliphatic heterocycles. The van der Waals surface area contributed by atoms with E-state index in [2.05, 4.69) is 48.2 Å². The first-order valence-electron chi connectivity index (χ1n) is 9.56. The summed E-state index contributed by atoms with van der Waals surface area (Å²) in [7, 11) is 4.18. The fraction of sp³-hybridized carbons (Fsp3) is 0.261. The first kappa shape index (κ1) is 22.8. The summed E-state index contributed by atoms with van der Waals surface area (Å²) in [5, 5.41) is 15.6. The molecule has 3 rings (SSSR count). The van der Waals surface area contributed by atoms with Crippen molar-refractivity contribution in [1.29, 1.82) is 0 Å². The molecule has 0 bridgehead atoms. The number of benzene rings is 2. The SMILES string of the molecule is CN(C)CCCN1c2ccccc2CC(=O)c2ccccc21.O=C(O)/C=C/C(=O)O. The van der Waals surface area contributed by atoms with Gasteiger partial charge in [0.1, 0.15) is 0 Å². The van der Waals surface area contributed by atoms with E-state index in [0.717, 1.165) is 36.3 Å². The molecule has 0 radical (unpaired) electrons. The number of carboxylic acid groups (broad SMARTS) is 2. The van der Waals surface area contributed by atoms with Gasteiger partial charge in [-0.25, -0.2) is 9.59 Å². The Kier molecular flexibility index (Phi) is 8.31. The molecule has 0 atom stereocenters. The van der Waals surface area contributed by atoms with Crippen LogP contribution in [0.1, 0.15) is 22.3 Å². The highest BCUT2D eigenvalue weighted by molar-refractivity contribution is 6.05. The van der Waals surface area contributed by atoms with Gasteiger partial charge in [-0.15, -0.1) is 0 Å². The van der Waals surface area contributed by atoms with Crippen molar-refractivity contribution in [2.24, 2.45) is 0 Å². The van der Waals surface area contributed by atoms with Gasteiger partial charge in [0.15, 0.2) is 5.78 Å². The van der Waals surface area contributed by atoms with E-state index in [0.29, 0.717) is 18.6 Å². The fourth-order valence-electron chi connectivity index (χ4n) is 3.19. The maximum absolute atomic E-state index is 12.6. The Labute approximate surface area is 175 Å². The predicted molar refractivity (Wildman–Crippen MR) is 116 cm³/mol. The summed E-state index contributed by atoms with van der Waals surface area (Å²) in [4.78, 5) is 36.2. The Balaban J connectivity index is 0.000000343. The minimum Gasteiger partial charge on any atom is -0.478 e. The molecule has 2 aromatic carbocycles. The van der Waals surface area contributed by atoms with Gasteiger partial charge in [0.25, 0.3) is 0 Å². The number of carboxylic acids is 2. The number of rotatable bonds is 6. The third kappa shape index (κ3) is 6.56. The highest BCUT2D eigenvalue weighted by atomic mass is 16.4. The lowest BCUT2D eigenvalue weighted by Crippen LogP contribution is -2.24. The van der Waals surface area contributed by atoms with E-state index in [9.17, 15) is 14.4 Å². The van der Waals surface area contributed by atoms with E-state index in [1.807, 2.05) is 24.3 Å². The summed E-state index contributed by atoms with van der Waals surface area (Å²) >= 11 is 0. The van der Waals surface area contributed by atoms with E-state index in [4.69, 9.17) is 10.2 Å². The summed E-state index contributed by atoms with van der Waals surface area (Å²) in [5.74, 6) is -2.31. The first-order valence-corrected chi connectivity index (χ1v) is 9.56. The predicted octanol–water partition coefficient (Wildman–Crippen LogP) is 3.23. The topological polar surface area (TPSA) is 98.2 Å². The van der Waals surface area contributed by atoms with E-state index in [1.165, 1.54) is 5.69 Å². The van der Waals surface area contributed by atoms with Crippen molar-refractivity contribution >= 4 is 29.1 Å². The normalized spacial score (nSPS) is 12.6. The van der Waals surface area contributed by atoms with Crippen molar-refractivity contribution in [3.8, 4) is 0 Å². The fourth-order valence-corrected chi connectivity index (χ4v) is 3.19. The number of carbonyl (C=O) groups excluding carboxylic acids is 1. The second kappa shape index (κ2) is 10.9. The van der Waals surface area contributed by atoms with Crippen LogP contribution in [0.15, 0.2) is 60.7 Å². The third-order valence-corrected chi connectivity index (χ3v) is 4.48. The number of aliphatic carboxylic acids is 2. The molecule has 2 aromatic rings. The van der Waals surface area contributed by atoms with Crippen molar-refractivity contribution in [1.82, 2.24) is 4.90 Å². The molecule has 0 aliphatic carbocycles. The number of fused-ring (bicyclic) bond motifs is 2. The summed E-state index contributed by atoms with van der Waals surface area (Å²) in [6.45, 7) is 1.95. The lowest BCUT2D eigenvalue weighted by Gasteiger charge is -2.27. The Bertz CT molecular complexity index is 921. The Morgan fingerprint density at radius 1 is 0.967 bits per heavy atom. The molecule has 0 saturated heterocycles. The van der Waals surface area contributed by atoms with Crippen LogP contribution in [0.25, 0.3) is 0 Å². The number of ketones is 1. The molecular formula is C23H26N2O5. The lowest BCUT2D eigenvalue weighted by molar-refractivity contribution is -0.134. The molecular weight excluding hydrogens is 384 g/mol. The zero-order valence-corrected chi connectivity index (χ0v) is 17.1. The number of carbonyl (C=O) groups is 3. The number of anilines is 2. The minimum atomic E-state index is -1.26. The zero-order valence-electron chi connectivity index (χ0n) is 17.1. The van der Waals surface area contributed by atoms with Gasteiger partial charge in [-0.3, -0.25) is 4.79 Å². The number of hydrogen-bond acceptors (Lipinski definition) is 5. The highest BCUT2D eigenvalue weighted by Gasteiger charge is 2.24. The van der Waals surface area contributed by atoms with Gasteiger partial charge in [-0.1, -0.05) is 30.3 Å². The lowest BCUT2D eigenvalue weighted by atomic mass is 10.0. The number of para-hydroxylation sites is 2. The van der Waals surface area contributed by atoms with Gasteiger partial charge < -0.3 is 20.0 Å². The molecule has 7 heteroatoms. The van der Waals surface area contributed by atoms with Crippen LogP contribution >= 0.6 is 0 Å². The van der Waals surface area contributed by atoms with Crippen molar-refractivity contribution in [3.63, 3.8) is 0 Å². The summed E-state index contributed by atoms with van der Waals surface area (Å²) in [6.07, 6.45) is 2.66. The molecule has 30 heavy (non-hydrogen) atoms. The maximum atomic E-state index is 12.6. The molecule has 1 heterocycles. The molecule has 2 N–H and O–H groups in total. The van der Waals surface area contributed by atoms with Gasteiger partial charge in [-0.2, -0.15) is 0 Å². The largest absolute Gasteiger partial charge is 0.478 e. The average Bonchev–Trinajstić information content (AvgIpc) is 2.82. The van der Waals surface area contributed by atoms with E-state index < -0.39 is 11.9 Å². The third-order valence-electron chi connectivity index (χ3n) is 4.48. The van der Waals surface area contributed by atoms with Gasteiger partial charge in [0, 0.05) is 36.4 Å². The maximum Gasteiger partial charge on any atom is 0.328 e. The van der Waals surface area contributed by atoms with Crippen molar-refractivity contribution in [2.75, 3.05) is 32.1 Å². The summed E-state index contributed by atoms with van der Waals surface area (Å²) in [6, 6.07) is 16.2. The van der Waals surface area contributed by atoms with Crippen molar-refractivity contribution in [2.45, 2.75) is 12.8 Å². The standard InChI is InChI=1S/C19H22N2O.C4H4O4/c1-20(2)12-7-13-21-17-10-5-3-8-15(17)14-19(22)16-9-4-6-11-18(16)21;5-3(6)1-2-4(7)8/h3-6,8-11H,7,12-14H2,1-2H3;1-2H,(H,5,6)(H,7,8)/b;2-1+. The van der Waals surface area contributed by atoms with Gasteiger partial charge >= 0.3 is 11.9 Å². The Morgan fingerprint density at radius 2 is 1.53 bits per heavy atom. The first-order chi connectivity index (χ1) is 14.3. The number of hydrogen-bond donors (Lipinski definition) is 2. The van der Waals surface area contributed by atoms with Crippen LogP contribution in [-0.2, 0) is 16.0 Å².